The summed E-state index contributed by atoms with van der Waals surface area (Å²) in [6.45, 7) is 3.74. The van der Waals surface area contributed by atoms with Crippen molar-refractivity contribution < 1.29 is 9.59 Å². The summed E-state index contributed by atoms with van der Waals surface area (Å²) in [7, 11) is 0. The molecule has 2 heterocycles. The SMILES string of the molecule is O=C1CN(CCC2CNC2)CC(=O)N1. The molecule has 0 bridgehead atoms. The summed E-state index contributed by atoms with van der Waals surface area (Å²) in [5.41, 5.74) is 0. The highest BCUT2D eigenvalue weighted by molar-refractivity contribution is 5.99. The van der Waals surface area contributed by atoms with E-state index in [4.69, 9.17) is 0 Å². The molecule has 14 heavy (non-hydrogen) atoms. The highest BCUT2D eigenvalue weighted by Gasteiger charge is 2.24. The molecule has 0 radical (unpaired) electrons. The van der Waals surface area contributed by atoms with Crippen molar-refractivity contribution in [2.24, 2.45) is 5.92 Å². The van der Waals surface area contributed by atoms with Crippen LogP contribution in [0, 0.1) is 5.92 Å². The second kappa shape index (κ2) is 4.06. The first-order chi connectivity index (χ1) is 6.74. The monoisotopic (exact) mass is 197 g/mol. The number of piperazine rings is 1. The molecule has 2 rings (SSSR count). The molecule has 2 amide bonds. The standard InChI is InChI=1S/C9H15N3O2/c13-8-5-12(6-9(14)11-8)2-1-7-3-10-4-7/h7,10H,1-6H2,(H,11,13,14). The van der Waals surface area contributed by atoms with Gasteiger partial charge in [0.2, 0.25) is 11.8 Å². The molecule has 2 N–H and O–H groups in total. The summed E-state index contributed by atoms with van der Waals surface area (Å²) in [6, 6.07) is 0. The zero-order valence-electron chi connectivity index (χ0n) is 8.08. The number of carbonyl (C=O) groups is 2. The van der Waals surface area contributed by atoms with Crippen LogP contribution in [0.15, 0.2) is 0 Å². The molecule has 0 atom stereocenters. The molecule has 0 spiro atoms. The molecule has 0 unspecified atom stereocenters. The molecule has 0 saturated carbocycles. The van der Waals surface area contributed by atoms with Crippen LogP contribution in [0.1, 0.15) is 6.42 Å². The fraction of sp³-hybridized carbons (Fsp3) is 0.778. The third-order valence-corrected chi connectivity index (χ3v) is 2.73. The fourth-order valence-electron chi connectivity index (χ4n) is 1.77. The Morgan fingerprint density at radius 3 is 2.36 bits per heavy atom. The minimum atomic E-state index is -0.173. The quantitative estimate of drug-likeness (QED) is 0.544. The Kier molecular flexibility index (Phi) is 2.79. The summed E-state index contributed by atoms with van der Waals surface area (Å²) >= 11 is 0. The average Bonchev–Trinajstić information content (AvgIpc) is 1.99. The van der Waals surface area contributed by atoms with Gasteiger partial charge >= 0.3 is 0 Å². The zero-order chi connectivity index (χ0) is 9.97. The van der Waals surface area contributed by atoms with Crippen molar-refractivity contribution in [3.05, 3.63) is 0 Å². The first-order valence-corrected chi connectivity index (χ1v) is 5.00. The second-order valence-electron chi connectivity index (χ2n) is 3.99. The van der Waals surface area contributed by atoms with E-state index in [-0.39, 0.29) is 11.8 Å². The topological polar surface area (TPSA) is 61.4 Å². The molecule has 0 aliphatic carbocycles. The minimum Gasteiger partial charge on any atom is -0.316 e. The predicted molar refractivity (Wildman–Crippen MR) is 50.6 cm³/mol. The molecule has 2 aliphatic rings. The molecule has 0 aromatic heterocycles. The Bertz CT molecular complexity index is 234. The maximum Gasteiger partial charge on any atom is 0.240 e. The Labute approximate surface area is 82.8 Å². The number of rotatable bonds is 3. The van der Waals surface area contributed by atoms with Crippen LogP contribution in [0.3, 0.4) is 0 Å². The number of nitrogens with one attached hydrogen (secondary N) is 2. The first kappa shape index (κ1) is 9.61. The number of amides is 2. The van der Waals surface area contributed by atoms with Crippen molar-refractivity contribution in [3.8, 4) is 0 Å². The first-order valence-electron chi connectivity index (χ1n) is 5.00. The van der Waals surface area contributed by atoms with E-state index in [1.807, 2.05) is 4.90 Å². The molecular formula is C9H15N3O2. The van der Waals surface area contributed by atoms with Crippen molar-refractivity contribution in [1.82, 2.24) is 15.5 Å². The highest BCUT2D eigenvalue weighted by atomic mass is 16.2. The summed E-state index contributed by atoms with van der Waals surface area (Å²) in [5, 5.41) is 5.49. The Morgan fingerprint density at radius 1 is 1.21 bits per heavy atom. The van der Waals surface area contributed by atoms with Crippen LogP contribution in [0.2, 0.25) is 0 Å². The van der Waals surface area contributed by atoms with E-state index in [0.29, 0.717) is 13.1 Å². The molecular weight excluding hydrogens is 182 g/mol. The summed E-state index contributed by atoms with van der Waals surface area (Å²) in [4.78, 5) is 24.0. The summed E-state index contributed by atoms with van der Waals surface area (Å²) in [5.74, 6) is 0.385. The van der Waals surface area contributed by atoms with Gasteiger partial charge in [0.05, 0.1) is 13.1 Å². The lowest BCUT2D eigenvalue weighted by atomic mass is 9.99. The van der Waals surface area contributed by atoms with Crippen molar-refractivity contribution in [2.45, 2.75) is 6.42 Å². The van der Waals surface area contributed by atoms with Gasteiger partial charge in [0.15, 0.2) is 0 Å². The fourth-order valence-corrected chi connectivity index (χ4v) is 1.77. The van der Waals surface area contributed by atoms with E-state index in [1.165, 1.54) is 0 Å². The van der Waals surface area contributed by atoms with E-state index < -0.39 is 0 Å². The summed E-state index contributed by atoms with van der Waals surface area (Å²) in [6.07, 6.45) is 1.08. The van der Waals surface area contributed by atoms with Crippen LogP contribution in [-0.2, 0) is 9.59 Å². The van der Waals surface area contributed by atoms with Crippen LogP contribution >= 0.6 is 0 Å². The molecule has 2 aliphatic heterocycles. The summed E-state index contributed by atoms with van der Waals surface area (Å²) < 4.78 is 0. The van der Waals surface area contributed by atoms with E-state index in [0.717, 1.165) is 32.0 Å². The van der Waals surface area contributed by atoms with Crippen molar-refractivity contribution in [3.63, 3.8) is 0 Å². The Balaban J connectivity index is 1.73. The Morgan fingerprint density at radius 2 is 1.86 bits per heavy atom. The van der Waals surface area contributed by atoms with Crippen molar-refractivity contribution >= 4 is 11.8 Å². The molecule has 5 nitrogen and oxygen atoms in total. The van der Waals surface area contributed by atoms with Gasteiger partial charge in [0, 0.05) is 0 Å². The highest BCUT2D eigenvalue weighted by Crippen LogP contribution is 2.09. The van der Waals surface area contributed by atoms with Gasteiger partial charge in [-0.2, -0.15) is 0 Å². The van der Waals surface area contributed by atoms with Crippen LogP contribution in [0.4, 0.5) is 0 Å². The van der Waals surface area contributed by atoms with Gasteiger partial charge in [-0.1, -0.05) is 0 Å². The number of hydrogen-bond donors (Lipinski definition) is 2. The molecule has 78 valence electrons. The molecule has 0 aromatic rings. The lowest BCUT2D eigenvalue weighted by Gasteiger charge is -2.31. The normalized spacial score (nSPS) is 24.6. The van der Waals surface area contributed by atoms with E-state index in [1.54, 1.807) is 0 Å². The molecule has 5 heteroatoms. The van der Waals surface area contributed by atoms with Crippen LogP contribution in [0.25, 0.3) is 0 Å². The smallest absolute Gasteiger partial charge is 0.240 e. The van der Waals surface area contributed by atoms with Crippen LogP contribution < -0.4 is 10.6 Å². The van der Waals surface area contributed by atoms with E-state index in [9.17, 15) is 9.59 Å². The zero-order valence-corrected chi connectivity index (χ0v) is 8.08. The third-order valence-electron chi connectivity index (χ3n) is 2.73. The number of carbonyl (C=O) groups excluding carboxylic acids is 2. The second-order valence-corrected chi connectivity index (χ2v) is 3.99. The third kappa shape index (κ3) is 2.30. The maximum absolute atomic E-state index is 11.0. The van der Waals surface area contributed by atoms with Gasteiger partial charge in [0.1, 0.15) is 0 Å². The number of hydrogen-bond acceptors (Lipinski definition) is 4. The van der Waals surface area contributed by atoms with Gasteiger partial charge < -0.3 is 5.32 Å². The predicted octanol–water partition coefficient (Wildman–Crippen LogP) is -1.45. The Hall–Kier alpha value is -0.940. The maximum atomic E-state index is 11.0. The van der Waals surface area contributed by atoms with E-state index >= 15 is 0 Å². The average molecular weight is 197 g/mol. The van der Waals surface area contributed by atoms with Gasteiger partial charge in [-0.3, -0.25) is 19.8 Å². The van der Waals surface area contributed by atoms with Gasteiger partial charge in [-0.25, -0.2) is 0 Å². The lowest BCUT2D eigenvalue weighted by molar-refractivity contribution is -0.136. The number of nitrogens with zero attached hydrogens (tertiary/aromatic N) is 1. The minimum absolute atomic E-state index is 0.173. The van der Waals surface area contributed by atoms with Crippen molar-refractivity contribution in [1.29, 1.82) is 0 Å². The van der Waals surface area contributed by atoms with Gasteiger partial charge in [-0.15, -0.1) is 0 Å². The molecule has 2 saturated heterocycles. The van der Waals surface area contributed by atoms with Gasteiger partial charge in [0.25, 0.3) is 0 Å². The number of imide groups is 1. The van der Waals surface area contributed by atoms with Crippen molar-refractivity contribution in [2.75, 3.05) is 32.7 Å². The lowest BCUT2D eigenvalue weighted by Crippen LogP contribution is -2.52. The van der Waals surface area contributed by atoms with E-state index in [2.05, 4.69) is 10.6 Å². The largest absolute Gasteiger partial charge is 0.316 e. The van der Waals surface area contributed by atoms with Crippen LogP contribution in [-0.4, -0.2) is 49.4 Å². The molecule has 2 fully saturated rings. The molecule has 0 aromatic carbocycles. The van der Waals surface area contributed by atoms with Gasteiger partial charge in [-0.05, 0) is 32.0 Å². The van der Waals surface area contributed by atoms with Crippen LogP contribution in [0.5, 0.6) is 0 Å².